The molecule has 0 atom stereocenters. The van der Waals surface area contributed by atoms with Crippen molar-refractivity contribution < 1.29 is 0 Å². The van der Waals surface area contributed by atoms with Crippen molar-refractivity contribution in [3.63, 3.8) is 0 Å². The number of aryl methyl sites for hydroxylation is 1. The van der Waals surface area contributed by atoms with Gasteiger partial charge >= 0.3 is 0 Å². The lowest BCUT2D eigenvalue weighted by molar-refractivity contribution is 0.556. The van der Waals surface area contributed by atoms with Crippen molar-refractivity contribution >= 4 is 0 Å². The van der Waals surface area contributed by atoms with E-state index in [9.17, 15) is 5.26 Å². The molecule has 0 aliphatic heterocycles. The zero-order valence-corrected chi connectivity index (χ0v) is 16.3. The third-order valence-corrected chi connectivity index (χ3v) is 5.11. The summed E-state index contributed by atoms with van der Waals surface area (Å²) in [5.41, 5.74) is 4.25. The monoisotopic (exact) mass is 347 g/mol. The van der Waals surface area contributed by atoms with E-state index in [0.29, 0.717) is 0 Å². The Bertz CT molecular complexity index is 666. The third kappa shape index (κ3) is 7.04. The van der Waals surface area contributed by atoms with Gasteiger partial charge in [-0.1, -0.05) is 107 Å². The fourth-order valence-corrected chi connectivity index (χ4v) is 3.53. The van der Waals surface area contributed by atoms with Crippen LogP contribution in [0, 0.1) is 11.3 Å². The molecule has 0 N–H and O–H groups in total. The van der Waals surface area contributed by atoms with Gasteiger partial charge in [-0.25, -0.2) is 0 Å². The van der Waals surface area contributed by atoms with Gasteiger partial charge in [0.05, 0.1) is 11.6 Å². The quantitative estimate of drug-likeness (QED) is 0.361. The van der Waals surface area contributed by atoms with E-state index in [4.69, 9.17) is 0 Å². The standard InChI is InChI=1S/C25H33N/c1-2-3-4-5-6-7-8-9-10-12-15-22-18-19-25(24(20-22)21-26)23-16-13-11-14-17-23/h11,13-14,16-20H,2-10,12,15H2,1H3. The van der Waals surface area contributed by atoms with E-state index < -0.39 is 0 Å². The van der Waals surface area contributed by atoms with Crippen LogP contribution in [0.4, 0.5) is 0 Å². The number of benzene rings is 2. The highest BCUT2D eigenvalue weighted by molar-refractivity contribution is 5.70. The number of nitriles is 1. The van der Waals surface area contributed by atoms with Gasteiger partial charge in [-0.2, -0.15) is 5.26 Å². The third-order valence-electron chi connectivity index (χ3n) is 5.11. The molecule has 2 rings (SSSR count). The van der Waals surface area contributed by atoms with Crippen molar-refractivity contribution in [2.75, 3.05) is 0 Å². The van der Waals surface area contributed by atoms with Crippen molar-refractivity contribution in [2.24, 2.45) is 0 Å². The van der Waals surface area contributed by atoms with Gasteiger partial charge in [-0.15, -0.1) is 0 Å². The fraction of sp³-hybridized carbons (Fsp3) is 0.480. The topological polar surface area (TPSA) is 23.8 Å². The van der Waals surface area contributed by atoms with Gasteiger partial charge < -0.3 is 0 Å². The van der Waals surface area contributed by atoms with Crippen molar-refractivity contribution in [3.05, 3.63) is 59.7 Å². The molecule has 2 aromatic carbocycles. The van der Waals surface area contributed by atoms with Crippen LogP contribution in [-0.2, 0) is 6.42 Å². The van der Waals surface area contributed by atoms with Crippen LogP contribution in [0.2, 0.25) is 0 Å². The summed E-state index contributed by atoms with van der Waals surface area (Å²) < 4.78 is 0. The van der Waals surface area contributed by atoms with Crippen molar-refractivity contribution in [1.29, 1.82) is 5.26 Å². The molecule has 1 nitrogen and oxygen atoms in total. The molecule has 0 unspecified atom stereocenters. The molecule has 0 radical (unpaired) electrons. The minimum absolute atomic E-state index is 0.792. The Hall–Kier alpha value is -2.07. The molecule has 0 fully saturated rings. The summed E-state index contributed by atoms with van der Waals surface area (Å²) in [4.78, 5) is 0. The summed E-state index contributed by atoms with van der Waals surface area (Å²) in [5, 5.41) is 9.50. The summed E-state index contributed by atoms with van der Waals surface area (Å²) in [6.07, 6.45) is 14.7. The molecule has 26 heavy (non-hydrogen) atoms. The van der Waals surface area contributed by atoms with Gasteiger partial charge in [0.25, 0.3) is 0 Å². The largest absolute Gasteiger partial charge is 0.192 e. The predicted molar refractivity (Wildman–Crippen MR) is 112 cm³/mol. The predicted octanol–water partition coefficient (Wildman–Crippen LogP) is 7.69. The summed E-state index contributed by atoms with van der Waals surface area (Å²) in [6.45, 7) is 2.27. The van der Waals surface area contributed by atoms with Gasteiger partial charge in [-0.3, -0.25) is 0 Å². The Labute approximate surface area is 160 Å². The Morgan fingerprint density at radius 2 is 1.35 bits per heavy atom. The van der Waals surface area contributed by atoms with E-state index in [0.717, 1.165) is 23.1 Å². The lowest BCUT2D eigenvalue weighted by Gasteiger charge is -2.08. The van der Waals surface area contributed by atoms with Gasteiger partial charge in [0.15, 0.2) is 0 Å². The first-order valence-electron chi connectivity index (χ1n) is 10.4. The molecule has 0 saturated heterocycles. The number of nitrogens with zero attached hydrogens (tertiary/aromatic N) is 1. The molecule has 0 heterocycles. The van der Waals surface area contributed by atoms with Crippen LogP contribution in [0.5, 0.6) is 0 Å². The highest BCUT2D eigenvalue weighted by atomic mass is 14.2. The second kappa shape index (κ2) is 12.3. The molecular weight excluding hydrogens is 314 g/mol. The molecule has 0 spiro atoms. The molecule has 0 aliphatic rings. The van der Waals surface area contributed by atoms with Crippen LogP contribution in [0.15, 0.2) is 48.5 Å². The average Bonchev–Trinajstić information content (AvgIpc) is 2.70. The minimum Gasteiger partial charge on any atom is -0.192 e. The van der Waals surface area contributed by atoms with Crippen LogP contribution >= 0.6 is 0 Å². The molecule has 1 heteroatoms. The van der Waals surface area contributed by atoms with Gasteiger partial charge in [0.2, 0.25) is 0 Å². The second-order valence-electron chi connectivity index (χ2n) is 7.29. The maximum absolute atomic E-state index is 9.50. The molecule has 0 aliphatic carbocycles. The van der Waals surface area contributed by atoms with E-state index in [1.807, 2.05) is 18.2 Å². The Kier molecular flexibility index (Phi) is 9.59. The highest BCUT2D eigenvalue weighted by Crippen LogP contribution is 2.25. The van der Waals surface area contributed by atoms with E-state index in [2.05, 4.69) is 43.3 Å². The molecule has 0 aromatic heterocycles. The van der Waals surface area contributed by atoms with Crippen molar-refractivity contribution in [2.45, 2.75) is 77.6 Å². The van der Waals surface area contributed by atoms with Gasteiger partial charge in [-0.05, 0) is 35.6 Å². The van der Waals surface area contributed by atoms with Crippen LogP contribution in [-0.4, -0.2) is 0 Å². The van der Waals surface area contributed by atoms with E-state index in [1.165, 1.54) is 69.8 Å². The first-order chi connectivity index (χ1) is 12.8. The van der Waals surface area contributed by atoms with E-state index in [1.54, 1.807) is 0 Å². The lowest BCUT2D eigenvalue weighted by atomic mass is 9.96. The molecule has 0 saturated carbocycles. The highest BCUT2D eigenvalue weighted by Gasteiger charge is 2.06. The van der Waals surface area contributed by atoms with E-state index >= 15 is 0 Å². The van der Waals surface area contributed by atoms with E-state index in [-0.39, 0.29) is 0 Å². The fourth-order valence-electron chi connectivity index (χ4n) is 3.53. The first-order valence-corrected chi connectivity index (χ1v) is 10.4. The Morgan fingerprint density at radius 1 is 0.731 bits per heavy atom. The molecule has 0 bridgehead atoms. The normalized spacial score (nSPS) is 10.6. The van der Waals surface area contributed by atoms with Crippen LogP contribution in [0.3, 0.4) is 0 Å². The Balaban J connectivity index is 1.70. The number of hydrogen-bond acceptors (Lipinski definition) is 1. The van der Waals surface area contributed by atoms with Crippen LogP contribution < -0.4 is 0 Å². The average molecular weight is 348 g/mol. The van der Waals surface area contributed by atoms with Crippen LogP contribution in [0.1, 0.15) is 82.3 Å². The number of unbranched alkanes of at least 4 members (excludes halogenated alkanes) is 9. The Morgan fingerprint density at radius 3 is 1.96 bits per heavy atom. The lowest BCUT2D eigenvalue weighted by Crippen LogP contribution is -1.91. The zero-order chi connectivity index (χ0) is 18.5. The van der Waals surface area contributed by atoms with Crippen LogP contribution in [0.25, 0.3) is 11.1 Å². The molecule has 2 aromatic rings. The minimum atomic E-state index is 0.792. The van der Waals surface area contributed by atoms with Gasteiger partial charge in [0.1, 0.15) is 0 Å². The maximum atomic E-state index is 9.50. The smallest absolute Gasteiger partial charge is 0.0998 e. The van der Waals surface area contributed by atoms with Crippen molar-refractivity contribution in [1.82, 2.24) is 0 Å². The molecular formula is C25H33N. The summed E-state index contributed by atoms with van der Waals surface area (Å²) >= 11 is 0. The maximum Gasteiger partial charge on any atom is 0.0998 e. The van der Waals surface area contributed by atoms with Crippen molar-refractivity contribution in [3.8, 4) is 17.2 Å². The molecule has 138 valence electrons. The summed E-state index contributed by atoms with van der Waals surface area (Å²) in [7, 11) is 0. The number of hydrogen-bond donors (Lipinski definition) is 0. The number of rotatable bonds is 12. The first kappa shape index (κ1) is 20.2. The SMILES string of the molecule is CCCCCCCCCCCCc1ccc(-c2ccccc2)c(C#N)c1. The molecule has 0 amide bonds. The zero-order valence-electron chi connectivity index (χ0n) is 16.3. The van der Waals surface area contributed by atoms with Gasteiger partial charge in [0, 0.05) is 0 Å². The summed E-state index contributed by atoms with van der Waals surface area (Å²) in [6, 6.07) is 18.9. The second-order valence-corrected chi connectivity index (χ2v) is 7.29. The summed E-state index contributed by atoms with van der Waals surface area (Å²) in [5.74, 6) is 0.